The number of rotatable bonds is 8. The summed E-state index contributed by atoms with van der Waals surface area (Å²) in [5.74, 6) is -2.21. The number of nitrogens with zero attached hydrogens (tertiary/aromatic N) is 2. The number of carbonyl (C=O) groups is 3. The van der Waals surface area contributed by atoms with Crippen molar-refractivity contribution in [2.24, 2.45) is 11.8 Å². The van der Waals surface area contributed by atoms with Crippen molar-refractivity contribution >= 4 is 61.9 Å². The number of ether oxygens (including phenoxy) is 1. The van der Waals surface area contributed by atoms with Gasteiger partial charge in [-0.3, -0.25) is 14.4 Å². The van der Waals surface area contributed by atoms with Crippen LogP contribution in [0.4, 0.5) is 5.69 Å². The molecule has 9 heteroatoms. The van der Waals surface area contributed by atoms with Crippen molar-refractivity contribution in [1.29, 1.82) is 0 Å². The first-order valence-corrected chi connectivity index (χ1v) is 14.4. The van der Waals surface area contributed by atoms with Crippen LogP contribution in [-0.2, 0) is 19.1 Å². The van der Waals surface area contributed by atoms with Crippen LogP contribution >= 0.6 is 27.7 Å². The van der Waals surface area contributed by atoms with Gasteiger partial charge in [-0.1, -0.05) is 52.3 Å². The zero-order valence-corrected chi connectivity index (χ0v) is 23.3. The molecule has 2 amide bonds. The summed E-state index contributed by atoms with van der Waals surface area (Å²) in [7, 11) is 0. The van der Waals surface area contributed by atoms with Crippen LogP contribution in [0.25, 0.3) is 10.8 Å². The molecule has 3 heterocycles. The molecule has 37 heavy (non-hydrogen) atoms. The minimum Gasteiger partial charge on any atom is -0.466 e. The SMILES string of the molecule is C=CCN(C(=O)C1N([C@H](C)CO)C(=O)[C@@H]2[C@@H](C(=O)OCC)[C@@H]3SC12CC3Br)c1ccc2ccccc2c1. The fraction of sp³-hybridized carbons (Fsp3) is 0.464. The van der Waals surface area contributed by atoms with Gasteiger partial charge in [-0.15, -0.1) is 18.3 Å². The van der Waals surface area contributed by atoms with E-state index in [2.05, 4.69) is 22.5 Å². The lowest BCUT2D eigenvalue weighted by Gasteiger charge is -2.39. The Balaban J connectivity index is 1.61. The van der Waals surface area contributed by atoms with Crippen LogP contribution in [0, 0.1) is 11.8 Å². The van der Waals surface area contributed by atoms with Crippen molar-refractivity contribution < 1.29 is 24.2 Å². The minimum atomic E-state index is -0.840. The Morgan fingerprint density at radius 1 is 1.32 bits per heavy atom. The minimum absolute atomic E-state index is 0.0378. The first-order chi connectivity index (χ1) is 17.8. The first-order valence-electron chi connectivity index (χ1n) is 12.6. The Morgan fingerprint density at radius 3 is 2.73 bits per heavy atom. The highest BCUT2D eigenvalue weighted by Crippen LogP contribution is 2.68. The molecule has 0 aromatic heterocycles. The quantitative estimate of drug-likeness (QED) is 0.288. The average Bonchev–Trinajstić information content (AvgIpc) is 3.49. The second-order valence-electron chi connectivity index (χ2n) is 9.96. The summed E-state index contributed by atoms with van der Waals surface area (Å²) >= 11 is 5.31. The van der Waals surface area contributed by atoms with Crippen molar-refractivity contribution in [3.8, 4) is 0 Å². The zero-order chi connectivity index (χ0) is 26.5. The van der Waals surface area contributed by atoms with Crippen LogP contribution in [0.1, 0.15) is 20.3 Å². The number of amides is 2. The molecule has 2 aromatic carbocycles. The van der Waals surface area contributed by atoms with Gasteiger partial charge in [0.1, 0.15) is 6.04 Å². The number of hydrogen-bond acceptors (Lipinski definition) is 6. The number of alkyl halides is 1. The standard InChI is InChI=1S/C28H31BrN2O5S/c1-4-12-30(19-11-10-17-8-6-7-9-18(17)13-19)26(34)24-28-14-20(29)23(37-28)21(27(35)36-5-2)22(28)25(33)31(24)16(3)15-32/h4,6-11,13,16,20-24,32H,1,5,12,14-15H2,2-3H3/t16-,20?,21-,22+,23-,24?,28?/m1/s1. The Kier molecular flexibility index (Phi) is 7.15. The zero-order valence-electron chi connectivity index (χ0n) is 20.9. The molecule has 3 fully saturated rings. The predicted molar refractivity (Wildman–Crippen MR) is 149 cm³/mol. The number of fused-ring (bicyclic) bond motifs is 2. The van der Waals surface area contributed by atoms with E-state index >= 15 is 0 Å². The van der Waals surface area contributed by atoms with E-state index in [1.165, 1.54) is 4.90 Å². The van der Waals surface area contributed by atoms with Crippen LogP contribution in [0.15, 0.2) is 55.1 Å². The van der Waals surface area contributed by atoms with Crippen LogP contribution in [0.2, 0.25) is 0 Å². The van der Waals surface area contributed by atoms with Gasteiger partial charge < -0.3 is 19.6 Å². The van der Waals surface area contributed by atoms with E-state index in [9.17, 15) is 19.5 Å². The lowest BCUT2D eigenvalue weighted by atomic mass is 9.71. The van der Waals surface area contributed by atoms with Crippen molar-refractivity contribution in [2.75, 3.05) is 24.7 Å². The van der Waals surface area contributed by atoms with Crippen LogP contribution in [-0.4, -0.2) is 74.5 Å². The number of aliphatic hydroxyl groups is 1. The van der Waals surface area contributed by atoms with Crippen molar-refractivity contribution in [3.05, 3.63) is 55.1 Å². The van der Waals surface area contributed by atoms with Crippen LogP contribution < -0.4 is 4.90 Å². The highest BCUT2D eigenvalue weighted by Gasteiger charge is 2.76. The summed E-state index contributed by atoms with van der Waals surface area (Å²) in [6.07, 6.45) is 2.24. The number of aliphatic hydroxyl groups excluding tert-OH is 1. The molecule has 1 spiro atoms. The van der Waals surface area contributed by atoms with E-state index in [0.717, 1.165) is 10.8 Å². The van der Waals surface area contributed by atoms with E-state index in [0.29, 0.717) is 12.1 Å². The van der Waals surface area contributed by atoms with E-state index < -0.39 is 34.6 Å². The molecule has 1 N–H and O–H groups in total. The number of anilines is 1. The molecule has 0 saturated carbocycles. The molecule has 5 rings (SSSR count). The molecule has 3 aliphatic heterocycles. The number of likely N-dealkylation sites (tertiary alicyclic amines) is 1. The Morgan fingerprint density at radius 2 is 2.05 bits per heavy atom. The third-order valence-electron chi connectivity index (χ3n) is 7.88. The summed E-state index contributed by atoms with van der Waals surface area (Å²) in [5.41, 5.74) is 0.711. The number of esters is 1. The smallest absolute Gasteiger partial charge is 0.310 e. The molecule has 7 atom stereocenters. The molecule has 0 aliphatic carbocycles. The van der Waals surface area contributed by atoms with Gasteiger partial charge in [0.25, 0.3) is 5.91 Å². The normalized spacial score (nSPS) is 30.9. The van der Waals surface area contributed by atoms with Crippen LogP contribution in [0.5, 0.6) is 0 Å². The van der Waals surface area contributed by atoms with Gasteiger partial charge in [0.05, 0.1) is 35.8 Å². The number of carbonyl (C=O) groups excluding carboxylic acids is 3. The number of benzene rings is 2. The van der Waals surface area contributed by atoms with Gasteiger partial charge in [-0.05, 0) is 43.2 Å². The van der Waals surface area contributed by atoms with Gasteiger partial charge in [-0.25, -0.2) is 0 Å². The molecule has 3 saturated heterocycles. The molecule has 3 aliphatic rings. The Bertz CT molecular complexity index is 1260. The molecular weight excluding hydrogens is 556 g/mol. The Labute approximate surface area is 229 Å². The molecular formula is C28H31BrN2O5S. The van der Waals surface area contributed by atoms with E-state index in [1.807, 2.05) is 42.5 Å². The van der Waals surface area contributed by atoms with E-state index in [-0.39, 0.29) is 41.6 Å². The molecule has 196 valence electrons. The monoisotopic (exact) mass is 586 g/mol. The largest absolute Gasteiger partial charge is 0.466 e. The summed E-state index contributed by atoms with van der Waals surface area (Å²) in [6, 6.07) is 12.4. The van der Waals surface area contributed by atoms with Gasteiger partial charge in [0.15, 0.2) is 0 Å². The first kappa shape index (κ1) is 26.3. The second kappa shape index (κ2) is 10.1. The fourth-order valence-electron chi connectivity index (χ4n) is 6.36. The summed E-state index contributed by atoms with van der Waals surface area (Å²) in [5, 5.41) is 12.0. The summed E-state index contributed by atoms with van der Waals surface area (Å²) in [4.78, 5) is 44.8. The maximum absolute atomic E-state index is 14.5. The third-order valence-corrected chi connectivity index (χ3v) is 11.1. The number of thioether (sulfide) groups is 1. The summed E-state index contributed by atoms with van der Waals surface area (Å²) in [6.45, 7) is 7.56. The van der Waals surface area contributed by atoms with Gasteiger partial charge in [0, 0.05) is 22.3 Å². The highest BCUT2D eigenvalue weighted by atomic mass is 79.9. The van der Waals surface area contributed by atoms with Gasteiger partial charge in [-0.2, -0.15) is 0 Å². The maximum atomic E-state index is 14.5. The van der Waals surface area contributed by atoms with Crippen molar-refractivity contribution in [3.63, 3.8) is 0 Å². The lowest BCUT2D eigenvalue weighted by molar-refractivity contribution is -0.154. The Hall–Kier alpha value is -2.36. The lowest BCUT2D eigenvalue weighted by Crippen LogP contribution is -2.57. The van der Waals surface area contributed by atoms with Crippen LogP contribution in [0.3, 0.4) is 0 Å². The van der Waals surface area contributed by atoms with Crippen molar-refractivity contribution in [2.45, 2.75) is 47.2 Å². The molecule has 2 bridgehead atoms. The molecule has 7 nitrogen and oxygen atoms in total. The number of halogens is 1. The fourth-order valence-corrected chi connectivity index (χ4v) is 9.94. The molecule has 2 aromatic rings. The third kappa shape index (κ3) is 4.01. The van der Waals surface area contributed by atoms with Gasteiger partial charge >= 0.3 is 5.97 Å². The van der Waals surface area contributed by atoms with Crippen molar-refractivity contribution in [1.82, 2.24) is 4.90 Å². The van der Waals surface area contributed by atoms with E-state index in [1.54, 1.807) is 36.6 Å². The van der Waals surface area contributed by atoms with Gasteiger partial charge in [0.2, 0.25) is 5.91 Å². The average molecular weight is 588 g/mol. The number of hydrogen-bond donors (Lipinski definition) is 1. The topological polar surface area (TPSA) is 87.2 Å². The molecule has 0 radical (unpaired) electrons. The molecule has 3 unspecified atom stereocenters. The summed E-state index contributed by atoms with van der Waals surface area (Å²) < 4.78 is 4.59. The second-order valence-corrected chi connectivity index (χ2v) is 12.7. The van der Waals surface area contributed by atoms with E-state index in [4.69, 9.17) is 4.74 Å². The maximum Gasteiger partial charge on any atom is 0.310 e. The predicted octanol–water partition coefficient (Wildman–Crippen LogP) is 3.77. The highest BCUT2D eigenvalue weighted by molar-refractivity contribution is 9.09.